The molecule has 2 rings (SSSR count). The van der Waals surface area contributed by atoms with E-state index in [0.29, 0.717) is 0 Å². The average Bonchev–Trinajstić information content (AvgIpc) is 2.33. The van der Waals surface area contributed by atoms with Gasteiger partial charge < -0.3 is 0 Å². The Morgan fingerprint density at radius 2 is 1.13 bits per heavy atom. The maximum Gasteiger partial charge on any atom is 0.0260 e. The van der Waals surface area contributed by atoms with Crippen LogP contribution in [-0.2, 0) is 10.7 Å². The van der Waals surface area contributed by atoms with Crippen molar-refractivity contribution in [1.82, 2.24) is 0 Å². The van der Waals surface area contributed by atoms with Crippen molar-refractivity contribution in [3.8, 4) is 0 Å². The highest BCUT2D eigenvalue weighted by Gasteiger charge is 2.03. The average molecular weight is 219 g/mol. The second-order valence-electron chi connectivity index (χ2n) is 2.98. The molecule has 0 aliphatic heterocycles. The van der Waals surface area contributed by atoms with E-state index in [1.807, 2.05) is 60.7 Å². The summed E-state index contributed by atoms with van der Waals surface area (Å²) in [6.45, 7) is 0. The van der Waals surface area contributed by atoms with Crippen molar-refractivity contribution in [3.63, 3.8) is 0 Å². The molecule has 0 N–H and O–H groups in total. The van der Waals surface area contributed by atoms with Crippen molar-refractivity contribution in [2.75, 3.05) is 0 Å². The van der Waals surface area contributed by atoms with E-state index in [-0.39, 0.29) is 0 Å². The first-order valence-corrected chi connectivity index (χ1v) is 5.76. The van der Waals surface area contributed by atoms with E-state index in [4.69, 9.17) is 0 Å². The fourth-order valence-electron chi connectivity index (χ4n) is 1.31. The summed E-state index contributed by atoms with van der Waals surface area (Å²) in [5, 5.41) is 0. The molecule has 0 unspecified atom stereocenters. The van der Waals surface area contributed by atoms with Crippen LogP contribution in [0.4, 0.5) is 4.48 Å². The summed E-state index contributed by atoms with van der Waals surface area (Å²) in [5.74, 6) is 0. The minimum atomic E-state index is -0.800. The summed E-state index contributed by atoms with van der Waals surface area (Å²) >= 11 is 0. The first-order valence-electron chi connectivity index (χ1n) is 4.58. The third-order valence-electron chi connectivity index (χ3n) is 2.00. The van der Waals surface area contributed by atoms with Crippen LogP contribution in [0.3, 0.4) is 0 Å². The van der Waals surface area contributed by atoms with Gasteiger partial charge in [-0.25, -0.2) is 0 Å². The zero-order chi connectivity index (χ0) is 10.5. The van der Waals surface area contributed by atoms with E-state index in [1.165, 1.54) is 0 Å². The fourth-order valence-corrected chi connectivity index (χ4v) is 2.58. The monoisotopic (exact) mass is 219 g/mol. The molecule has 0 amide bonds. The van der Waals surface area contributed by atoms with Crippen LogP contribution in [0.2, 0.25) is 0 Å². The lowest BCUT2D eigenvalue weighted by atomic mass is 10.4. The highest BCUT2D eigenvalue weighted by Crippen LogP contribution is 2.18. The van der Waals surface area contributed by atoms with Crippen LogP contribution in [0.1, 0.15) is 0 Å². The molecule has 3 heteroatoms. The van der Waals surface area contributed by atoms with Gasteiger partial charge in [0.15, 0.2) is 0 Å². The van der Waals surface area contributed by atoms with Gasteiger partial charge in [-0.3, -0.25) is 0 Å². The molecule has 0 radical (unpaired) electrons. The Labute approximate surface area is 90.6 Å². The van der Waals surface area contributed by atoms with Crippen molar-refractivity contribution in [1.29, 1.82) is 0 Å². The minimum absolute atomic E-state index is 0.800. The van der Waals surface area contributed by atoms with E-state index in [0.717, 1.165) is 9.79 Å². The fraction of sp³-hybridized carbons (Fsp3) is 0. The Kier molecular flexibility index (Phi) is 3.25. The number of rotatable bonds is 2. The van der Waals surface area contributed by atoms with Gasteiger partial charge in [0, 0.05) is 9.79 Å². The maximum atomic E-state index is 12.7. The lowest BCUT2D eigenvalue weighted by molar-refractivity contribution is 0.549. The van der Waals surface area contributed by atoms with Crippen LogP contribution < -0.4 is 0 Å². The molecule has 0 atom stereocenters. The molecule has 0 aliphatic rings. The Morgan fingerprint density at radius 1 is 0.733 bits per heavy atom. The van der Waals surface area contributed by atoms with Crippen molar-refractivity contribution < 1.29 is 4.48 Å². The third-order valence-corrected chi connectivity index (χ3v) is 3.58. The molecule has 2 aromatic rings. The normalized spacial score (nSPS) is 10.3. The van der Waals surface area contributed by atoms with Crippen molar-refractivity contribution in [3.05, 3.63) is 60.7 Å². The van der Waals surface area contributed by atoms with Gasteiger partial charge in [0.2, 0.25) is 0 Å². The molecular weight excluding hydrogens is 209 g/mol. The third kappa shape index (κ3) is 2.30. The van der Waals surface area contributed by atoms with Gasteiger partial charge in [-0.15, -0.1) is 0 Å². The smallest absolute Gasteiger partial charge is 0.0260 e. The van der Waals surface area contributed by atoms with Gasteiger partial charge in [0.1, 0.15) is 0 Å². The Hall–Kier alpha value is -1.48. The quantitative estimate of drug-likeness (QED) is 0.728. The van der Waals surface area contributed by atoms with E-state index in [2.05, 4.69) is 4.58 Å². The second-order valence-corrected chi connectivity index (χ2v) is 4.63. The van der Waals surface area contributed by atoms with Crippen molar-refractivity contribution in [2.45, 2.75) is 9.79 Å². The molecule has 15 heavy (non-hydrogen) atoms. The summed E-state index contributed by atoms with van der Waals surface area (Å²) in [6.07, 6.45) is 0. The molecule has 0 spiro atoms. The van der Waals surface area contributed by atoms with E-state index < -0.39 is 10.7 Å². The maximum absolute atomic E-state index is 12.7. The summed E-state index contributed by atoms with van der Waals surface area (Å²) in [7, 11) is -0.800. The minimum Gasteiger partial charge on any atom is -0.0676 e. The number of benzene rings is 2. The van der Waals surface area contributed by atoms with Crippen LogP contribution >= 0.6 is 0 Å². The van der Waals surface area contributed by atoms with Crippen LogP contribution in [0.25, 0.3) is 0 Å². The molecule has 0 saturated heterocycles. The summed E-state index contributed by atoms with van der Waals surface area (Å²) < 4.78 is 15.6. The molecule has 76 valence electrons. The topological polar surface area (TPSA) is 12.4 Å². The largest absolute Gasteiger partial charge is 0.0676 e. The first kappa shape index (κ1) is 10.1. The van der Waals surface area contributed by atoms with Gasteiger partial charge in [0.05, 0.1) is 0 Å². The lowest BCUT2D eigenvalue weighted by Gasteiger charge is -2.04. The number of halogens is 1. The van der Waals surface area contributed by atoms with E-state index in [9.17, 15) is 4.48 Å². The highest BCUT2D eigenvalue weighted by atomic mass is 32.2. The first-order chi connectivity index (χ1) is 7.42. The zero-order valence-corrected chi connectivity index (χ0v) is 8.82. The molecule has 0 aromatic heterocycles. The highest BCUT2D eigenvalue weighted by molar-refractivity contribution is 7.87. The molecule has 0 bridgehead atoms. The summed E-state index contributed by atoms with van der Waals surface area (Å²) in [4.78, 5) is 1.79. The van der Waals surface area contributed by atoms with Crippen LogP contribution in [0.5, 0.6) is 0 Å². The molecule has 2 aromatic carbocycles. The van der Waals surface area contributed by atoms with Gasteiger partial charge in [-0.1, -0.05) is 45.5 Å². The Morgan fingerprint density at radius 3 is 1.47 bits per heavy atom. The molecular formula is C12H10FNS. The molecule has 1 nitrogen and oxygen atoms in total. The van der Waals surface area contributed by atoms with Crippen molar-refractivity contribution in [2.24, 2.45) is 4.58 Å². The molecule has 0 fully saturated rings. The summed E-state index contributed by atoms with van der Waals surface area (Å²) in [6, 6.07) is 18.9. The predicted octanol–water partition coefficient (Wildman–Crippen LogP) is 3.79. The van der Waals surface area contributed by atoms with E-state index >= 15 is 0 Å². The predicted molar refractivity (Wildman–Crippen MR) is 60.3 cm³/mol. The Balaban J connectivity index is 2.44. The summed E-state index contributed by atoms with van der Waals surface area (Å²) in [5.41, 5.74) is 0. The van der Waals surface area contributed by atoms with Gasteiger partial charge in [0.25, 0.3) is 0 Å². The Bertz CT molecular complexity index is 412. The van der Waals surface area contributed by atoms with Gasteiger partial charge in [-0.2, -0.15) is 0 Å². The van der Waals surface area contributed by atoms with Gasteiger partial charge in [-0.05, 0) is 35.0 Å². The van der Waals surface area contributed by atoms with Crippen LogP contribution in [-0.4, -0.2) is 0 Å². The second kappa shape index (κ2) is 4.84. The molecule has 0 heterocycles. The SMILES string of the molecule is FN=S(c1ccccc1)c1ccccc1. The molecule has 0 saturated carbocycles. The lowest BCUT2D eigenvalue weighted by Crippen LogP contribution is -1.90. The van der Waals surface area contributed by atoms with Crippen LogP contribution in [0.15, 0.2) is 75.0 Å². The number of hydrogen-bond donors (Lipinski definition) is 0. The molecule has 0 aliphatic carbocycles. The van der Waals surface area contributed by atoms with Crippen LogP contribution in [0, 0.1) is 0 Å². The standard InChI is InChI=1S/C12H10FNS/c13-14-15(11-7-3-1-4-8-11)12-9-5-2-6-10-12/h1-10H. The van der Waals surface area contributed by atoms with Crippen molar-refractivity contribution >= 4 is 10.7 Å². The van der Waals surface area contributed by atoms with Gasteiger partial charge >= 0.3 is 0 Å². The number of hydrogen-bond acceptors (Lipinski definition) is 1. The van der Waals surface area contributed by atoms with E-state index in [1.54, 1.807) is 0 Å². The number of nitrogens with zero attached hydrogens (tertiary/aromatic N) is 1. The zero-order valence-electron chi connectivity index (χ0n) is 8.01.